The standard InChI is InChI=1S/C6H13N3/c1-8-6(7)2-5-3-9-4-5/h5,9H,2-4H2,1H3,(H2,7,8). The summed E-state index contributed by atoms with van der Waals surface area (Å²) in [6, 6.07) is 0. The van der Waals surface area contributed by atoms with Crippen molar-refractivity contribution >= 4 is 5.84 Å². The monoisotopic (exact) mass is 127 g/mol. The predicted molar refractivity (Wildman–Crippen MR) is 38.5 cm³/mol. The second kappa shape index (κ2) is 2.82. The molecule has 0 atom stereocenters. The van der Waals surface area contributed by atoms with Crippen molar-refractivity contribution in [1.82, 2.24) is 5.32 Å². The van der Waals surface area contributed by atoms with E-state index < -0.39 is 0 Å². The summed E-state index contributed by atoms with van der Waals surface area (Å²) in [6.45, 7) is 2.21. The maximum atomic E-state index is 5.51. The topological polar surface area (TPSA) is 50.4 Å². The molecule has 0 amide bonds. The summed E-state index contributed by atoms with van der Waals surface area (Å²) in [6.07, 6.45) is 0.962. The molecule has 0 aromatic heterocycles. The lowest BCUT2D eigenvalue weighted by Crippen LogP contribution is -2.43. The zero-order chi connectivity index (χ0) is 6.69. The van der Waals surface area contributed by atoms with Crippen molar-refractivity contribution in [2.45, 2.75) is 6.42 Å². The molecule has 52 valence electrons. The second-order valence-corrected chi connectivity index (χ2v) is 2.44. The predicted octanol–water partition coefficient (Wildman–Crippen LogP) is -0.417. The van der Waals surface area contributed by atoms with Gasteiger partial charge in [-0.1, -0.05) is 0 Å². The number of amidine groups is 1. The summed E-state index contributed by atoms with van der Waals surface area (Å²) in [5.41, 5.74) is 5.51. The van der Waals surface area contributed by atoms with E-state index in [2.05, 4.69) is 10.3 Å². The number of aliphatic imine (C=N–C) groups is 1. The van der Waals surface area contributed by atoms with Crippen LogP contribution in [0.25, 0.3) is 0 Å². The third-order valence-electron chi connectivity index (χ3n) is 1.65. The first-order valence-corrected chi connectivity index (χ1v) is 3.24. The van der Waals surface area contributed by atoms with E-state index in [4.69, 9.17) is 5.73 Å². The van der Waals surface area contributed by atoms with Crippen LogP contribution in [0.2, 0.25) is 0 Å². The Hall–Kier alpha value is -0.570. The second-order valence-electron chi connectivity index (χ2n) is 2.44. The number of nitrogens with zero attached hydrogens (tertiary/aromatic N) is 1. The summed E-state index contributed by atoms with van der Waals surface area (Å²) in [7, 11) is 1.74. The first-order valence-electron chi connectivity index (χ1n) is 3.24. The zero-order valence-electron chi connectivity index (χ0n) is 5.72. The minimum absolute atomic E-state index is 0.744. The summed E-state index contributed by atoms with van der Waals surface area (Å²) < 4.78 is 0. The maximum absolute atomic E-state index is 5.51. The van der Waals surface area contributed by atoms with Crippen molar-refractivity contribution in [2.75, 3.05) is 20.1 Å². The Kier molecular flexibility index (Phi) is 2.05. The highest BCUT2D eigenvalue weighted by atomic mass is 15.0. The molecule has 1 heterocycles. The first-order chi connectivity index (χ1) is 4.33. The van der Waals surface area contributed by atoms with Crippen molar-refractivity contribution in [2.24, 2.45) is 16.6 Å². The Labute approximate surface area is 55.3 Å². The Bertz CT molecular complexity index is 115. The molecule has 1 fully saturated rings. The first kappa shape index (κ1) is 6.55. The van der Waals surface area contributed by atoms with Crippen LogP contribution in [-0.4, -0.2) is 26.0 Å². The van der Waals surface area contributed by atoms with Crippen LogP contribution in [0.15, 0.2) is 4.99 Å². The van der Waals surface area contributed by atoms with E-state index in [-0.39, 0.29) is 0 Å². The van der Waals surface area contributed by atoms with E-state index in [1.165, 1.54) is 0 Å². The fourth-order valence-electron chi connectivity index (χ4n) is 0.880. The summed E-state index contributed by atoms with van der Waals surface area (Å²) >= 11 is 0. The van der Waals surface area contributed by atoms with Gasteiger partial charge in [0.2, 0.25) is 0 Å². The van der Waals surface area contributed by atoms with Gasteiger partial charge in [0.1, 0.15) is 0 Å². The number of hydrogen-bond acceptors (Lipinski definition) is 2. The molecule has 0 aromatic carbocycles. The summed E-state index contributed by atoms with van der Waals surface area (Å²) in [5.74, 6) is 1.52. The van der Waals surface area contributed by atoms with Crippen LogP contribution in [0.1, 0.15) is 6.42 Å². The summed E-state index contributed by atoms with van der Waals surface area (Å²) in [4.78, 5) is 3.88. The molecule has 1 aliphatic heterocycles. The lowest BCUT2D eigenvalue weighted by molar-refractivity contribution is 0.358. The van der Waals surface area contributed by atoms with Crippen LogP contribution in [-0.2, 0) is 0 Å². The lowest BCUT2D eigenvalue weighted by Gasteiger charge is -2.26. The fourth-order valence-corrected chi connectivity index (χ4v) is 0.880. The number of hydrogen-bond donors (Lipinski definition) is 2. The van der Waals surface area contributed by atoms with E-state index in [1.807, 2.05) is 0 Å². The van der Waals surface area contributed by atoms with Gasteiger partial charge in [0.25, 0.3) is 0 Å². The third-order valence-corrected chi connectivity index (χ3v) is 1.65. The van der Waals surface area contributed by atoms with E-state index in [0.29, 0.717) is 0 Å². The van der Waals surface area contributed by atoms with Crippen LogP contribution >= 0.6 is 0 Å². The summed E-state index contributed by atoms with van der Waals surface area (Å²) in [5, 5.41) is 3.18. The molecule has 3 nitrogen and oxygen atoms in total. The van der Waals surface area contributed by atoms with E-state index in [9.17, 15) is 0 Å². The highest BCUT2D eigenvalue weighted by Crippen LogP contribution is 2.06. The van der Waals surface area contributed by atoms with Gasteiger partial charge < -0.3 is 11.1 Å². The van der Waals surface area contributed by atoms with E-state index in [1.54, 1.807) is 7.05 Å². The molecule has 0 saturated carbocycles. The van der Waals surface area contributed by atoms with Crippen molar-refractivity contribution in [1.29, 1.82) is 0 Å². The average Bonchev–Trinajstić information content (AvgIpc) is 1.78. The van der Waals surface area contributed by atoms with E-state index >= 15 is 0 Å². The van der Waals surface area contributed by atoms with Gasteiger partial charge >= 0.3 is 0 Å². The van der Waals surface area contributed by atoms with Crippen LogP contribution in [0.3, 0.4) is 0 Å². The van der Waals surface area contributed by atoms with Gasteiger partial charge in [-0.3, -0.25) is 4.99 Å². The normalized spacial score (nSPS) is 21.7. The molecule has 1 rings (SSSR count). The van der Waals surface area contributed by atoms with Crippen LogP contribution in [0, 0.1) is 5.92 Å². The SMILES string of the molecule is CN=C(N)CC1CNC1. The molecule has 3 heteroatoms. The van der Waals surface area contributed by atoms with Gasteiger partial charge in [-0.15, -0.1) is 0 Å². The smallest absolute Gasteiger partial charge is 0.0937 e. The molecule has 0 radical (unpaired) electrons. The Morgan fingerprint density at radius 3 is 2.78 bits per heavy atom. The third kappa shape index (κ3) is 1.68. The molecule has 1 aliphatic rings. The highest BCUT2D eigenvalue weighted by molar-refractivity contribution is 5.80. The molecule has 3 N–H and O–H groups in total. The number of nitrogens with two attached hydrogens (primary N) is 1. The molecule has 0 bridgehead atoms. The van der Waals surface area contributed by atoms with Gasteiger partial charge in [0.15, 0.2) is 0 Å². The quantitative estimate of drug-likeness (QED) is 0.391. The Balaban J connectivity index is 2.16. The highest BCUT2D eigenvalue weighted by Gasteiger charge is 2.16. The van der Waals surface area contributed by atoms with Gasteiger partial charge in [-0.25, -0.2) is 0 Å². The van der Waals surface area contributed by atoms with Crippen LogP contribution < -0.4 is 11.1 Å². The molecule has 9 heavy (non-hydrogen) atoms. The number of nitrogens with one attached hydrogen (secondary N) is 1. The van der Waals surface area contributed by atoms with Crippen molar-refractivity contribution in [3.8, 4) is 0 Å². The molecule has 0 spiro atoms. The Morgan fingerprint density at radius 1 is 1.78 bits per heavy atom. The Morgan fingerprint density at radius 2 is 2.44 bits per heavy atom. The molecule has 0 unspecified atom stereocenters. The van der Waals surface area contributed by atoms with Crippen LogP contribution in [0.4, 0.5) is 0 Å². The molecule has 1 saturated heterocycles. The largest absolute Gasteiger partial charge is 0.387 e. The molecular formula is C6H13N3. The molecular weight excluding hydrogens is 114 g/mol. The maximum Gasteiger partial charge on any atom is 0.0937 e. The average molecular weight is 127 g/mol. The van der Waals surface area contributed by atoms with E-state index in [0.717, 1.165) is 31.3 Å². The fraction of sp³-hybridized carbons (Fsp3) is 0.833. The minimum Gasteiger partial charge on any atom is -0.387 e. The zero-order valence-corrected chi connectivity index (χ0v) is 5.72. The van der Waals surface area contributed by atoms with Crippen molar-refractivity contribution in [3.05, 3.63) is 0 Å². The van der Waals surface area contributed by atoms with Crippen molar-refractivity contribution < 1.29 is 0 Å². The van der Waals surface area contributed by atoms with Gasteiger partial charge in [-0.05, 0) is 19.0 Å². The van der Waals surface area contributed by atoms with Crippen LogP contribution in [0.5, 0.6) is 0 Å². The lowest BCUT2D eigenvalue weighted by atomic mass is 9.99. The minimum atomic E-state index is 0.744. The van der Waals surface area contributed by atoms with Crippen molar-refractivity contribution in [3.63, 3.8) is 0 Å². The molecule has 0 aliphatic carbocycles. The number of rotatable bonds is 2. The van der Waals surface area contributed by atoms with Gasteiger partial charge in [0.05, 0.1) is 5.84 Å². The van der Waals surface area contributed by atoms with Gasteiger partial charge in [-0.2, -0.15) is 0 Å². The van der Waals surface area contributed by atoms with Gasteiger partial charge in [0, 0.05) is 13.5 Å². The molecule has 0 aromatic rings.